The molecular formula is C34H22Br2F2. The number of benzene rings is 6. The van der Waals surface area contributed by atoms with Crippen molar-refractivity contribution < 1.29 is 8.78 Å². The average Bonchev–Trinajstić information content (AvgIpc) is 2.95. The molecule has 0 spiro atoms. The van der Waals surface area contributed by atoms with Crippen LogP contribution in [-0.2, 0) is 10.7 Å². The van der Waals surface area contributed by atoms with Gasteiger partial charge in [0.15, 0.2) is 0 Å². The molecule has 0 atom stereocenters. The molecule has 186 valence electrons. The summed E-state index contributed by atoms with van der Waals surface area (Å²) < 4.78 is 30.4. The second-order valence-corrected chi connectivity index (χ2v) is 10.3. The van der Waals surface area contributed by atoms with Crippen molar-refractivity contribution in [3.8, 4) is 33.4 Å². The zero-order chi connectivity index (χ0) is 26.2. The molecule has 0 amide bonds. The van der Waals surface area contributed by atoms with Crippen LogP contribution in [0.1, 0.15) is 11.1 Å². The third kappa shape index (κ3) is 4.16. The third-order valence-corrected chi connectivity index (χ3v) is 8.28. The SMILES string of the molecule is Fc1ccccc1-c1cc2ccccc2c(-c2c(CBr)c(-c3ccccc3F)cc3ccccc23)c1CBr. The van der Waals surface area contributed by atoms with Crippen LogP contribution in [-0.4, -0.2) is 0 Å². The van der Waals surface area contributed by atoms with Crippen molar-refractivity contribution in [2.75, 3.05) is 0 Å². The first-order chi connectivity index (χ1) is 18.6. The quantitative estimate of drug-likeness (QED) is 0.167. The van der Waals surface area contributed by atoms with E-state index in [9.17, 15) is 0 Å². The molecule has 0 heterocycles. The maximum atomic E-state index is 15.2. The van der Waals surface area contributed by atoms with E-state index in [0.29, 0.717) is 21.8 Å². The highest BCUT2D eigenvalue weighted by molar-refractivity contribution is 9.08. The second-order valence-electron chi connectivity index (χ2n) is 9.22. The number of halogens is 4. The van der Waals surface area contributed by atoms with E-state index in [1.165, 1.54) is 12.1 Å². The molecule has 0 radical (unpaired) electrons. The van der Waals surface area contributed by atoms with Gasteiger partial charge in [-0.05, 0) is 79.2 Å². The molecule has 4 heteroatoms. The highest BCUT2D eigenvalue weighted by Crippen LogP contribution is 2.47. The maximum absolute atomic E-state index is 15.2. The van der Waals surface area contributed by atoms with Crippen LogP contribution in [0.15, 0.2) is 109 Å². The zero-order valence-corrected chi connectivity index (χ0v) is 23.5. The van der Waals surface area contributed by atoms with Crippen molar-refractivity contribution in [2.45, 2.75) is 10.7 Å². The van der Waals surface area contributed by atoms with Gasteiger partial charge in [-0.25, -0.2) is 8.78 Å². The molecule has 0 aliphatic heterocycles. The lowest BCUT2D eigenvalue weighted by Gasteiger charge is -2.23. The molecule has 6 rings (SSSR count). The van der Waals surface area contributed by atoms with E-state index in [2.05, 4.69) is 68.3 Å². The van der Waals surface area contributed by atoms with Crippen molar-refractivity contribution in [1.82, 2.24) is 0 Å². The molecular weight excluding hydrogens is 606 g/mol. The van der Waals surface area contributed by atoms with Gasteiger partial charge in [0, 0.05) is 21.8 Å². The van der Waals surface area contributed by atoms with Gasteiger partial charge in [0.05, 0.1) is 0 Å². The molecule has 0 aromatic heterocycles. The molecule has 0 nitrogen and oxygen atoms in total. The molecule has 0 saturated carbocycles. The van der Waals surface area contributed by atoms with Gasteiger partial charge in [0.2, 0.25) is 0 Å². The fourth-order valence-electron chi connectivity index (χ4n) is 5.47. The molecule has 0 bridgehead atoms. The number of hydrogen-bond acceptors (Lipinski definition) is 0. The van der Waals surface area contributed by atoms with Crippen LogP contribution >= 0.6 is 31.9 Å². The normalized spacial score (nSPS) is 11.4. The fourth-order valence-corrected chi connectivity index (χ4v) is 6.63. The molecule has 0 saturated heterocycles. The summed E-state index contributed by atoms with van der Waals surface area (Å²) >= 11 is 7.51. The molecule has 0 aliphatic rings. The predicted octanol–water partition coefficient (Wildman–Crippen LogP) is 11.1. The van der Waals surface area contributed by atoms with Crippen LogP contribution in [0.25, 0.3) is 54.9 Å². The fraction of sp³-hybridized carbons (Fsp3) is 0.0588. The van der Waals surface area contributed by atoms with Crippen LogP contribution in [0.2, 0.25) is 0 Å². The second kappa shape index (κ2) is 10.4. The van der Waals surface area contributed by atoms with E-state index in [4.69, 9.17) is 0 Å². The minimum Gasteiger partial charge on any atom is -0.206 e. The Morgan fingerprint density at radius 3 is 1.21 bits per heavy atom. The topological polar surface area (TPSA) is 0 Å². The molecule has 0 fully saturated rings. The number of rotatable bonds is 5. The van der Waals surface area contributed by atoms with Gasteiger partial charge in [-0.3, -0.25) is 0 Å². The number of alkyl halides is 2. The van der Waals surface area contributed by atoms with Gasteiger partial charge in [-0.1, -0.05) is 117 Å². The van der Waals surface area contributed by atoms with E-state index in [1.807, 2.05) is 48.5 Å². The number of hydrogen-bond donors (Lipinski definition) is 0. The van der Waals surface area contributed by atoms with Crippen LogP contribution in [0.3, 0.4) is 0 Å². The Bertz CT molecular complexity index is 1690. The largest absolute Gasteiger partial charge is 0.206 e. The smallest absolute Gasteiger partial charge is 0.131 e. The Morgan fingerprint density at radius 1 is 0.447 bits per heavy atom. The molecule has 0 N–H and O–H groups in total. The lowest BCUT2D eigenvalue weighted by Crippen LogP contribution is -2.01. The van der Waals surface area contributed by atoms with Crippen molar-refractivity contribution in [3.05, 3.63) is 132 Å². The van der Waals surface area contributed by atoms with Crippen LogP contribution < -0.4 is 0 Å². The van der Waals surface area contributed by atoms with Gasteiger partial charge in [0.1, 0.15) is 11.6 Å². The molecule has 0 aliphatic carbocycles. The van der Waals surface area contributed by atoms with E-state index >= 15 is 8.78 Å². The Kier molecular flexibility index (Phi) is 6.86. The van der Waals surface area contributed by atoms with Crippen LogP contribution in [0, 0.1) is 11.6 Å². The van der Waals surface area contributed by atoms with Gasteiger partial charge in [0.25, 0.3) is 0 Å². The lowest BCUT2D eigenvalue weighted by atomic mass is 9.82. The minimum absolute atomic E-state index is 0.262. The third-order valence-electron chi connectivity index (χ3n) is 7.16. The Labute approximate surface area is 237 Å². The minimum atomic E-state index is -0.262. The van der Waals surface area contributed by atoms with E-state index in [1.54, 1.807) is 12.1 Å². The van der Waals surface area contributed by atoms with Gasteiger partial charge >= 0.3 is 0 Å². The van der Waals surface area contributed by atoms with Gasteiger partial charge < -0.3 is 0 Å². The Morgan fingerprint density at radius 2 is 0.816 bits per heavy atom. The highest BCUT2D eigenvalue weighted by atomic mass is 79.9. The first kappa shape index (κ1) is 25.0. The Hall–Kier alpha value is -3.34. The van der Waals surface area contributed by atoms with Crippen molar-refractivity contribution >= 4 is 53.4 Å². The number of fused-ring (bicyclic) bond motifs is 2. The summed E-state index contributed by atoms with van der Waals surface area (Å²) in [4.78, 5) is 0. The molecule has 6 aromatic carbocycles. The van der Waals surface area contributed by atoms with Crippen LogP contribution in [0.5, 0.6) is 0 Å². The summed E-state index contributed by atoms with van der Waals surface area (Å²) in [5.41, 5.74) is 6.85. The standard InChI is InChI=1S/C34H22Br2F2/c35-19-29-27(25-13-5-7-15-31(25)37)17-21-9-1-3-11-23(21)33(29)34-24-12-4-2-10-22(24)18-28(30(34)20-36)26-14-6-8-16-32(26)38/h1-18H,19-20H2. The first-order valence-electron chi connectivity index (χ1n) is 12.3. The summed E-state index contributed by atoms with van der Waals surface area (Å²) in [6.45, 7) is 0. The van der Waals surface area contributed by atoms with Crippen molar-refractivity contribution in [1.29, 1.82) is 0 Å². The lowest BCUT2D eigenvalue weighted by molar-refractivity contribution is 0.631. The monoisotopic (exact) mass is 626 g/mol. The van der Waals surface area contributed by atoms with Crippen molar-refractivity contribution in [3.63, 3.8) is 0 Å². The predicted molar refractivity (Wildman–Crippen MR) is 163 cm³/mol. The summed E-state index contributed by atoms with van der Waals surface area (Å²) in [6.07, 6.45) is 0. The zero-order valence-electron chi connectivity index (χ0n) is 20.3. The summed E-state index contributed by atoms with van der Waals surface area (Å²) in [7, 11) is 0. The summed E-state index contributed by atoms with van der Waals surface area (Å²) in [6, 6.07) is 34.4. The van der Waals surface area contributed by atoms with Crippen LogP contribution in [0.4, 0.5) is 8.78 Å². The first-order valence-corrected chi connectivity index (χ1v) is 14.6. The summed E-state index contributed by atoms with van der Waals surface area (Å²) in [5.74, 6) is -0.525. The van der Waals surface area contributed by atoms with E-state index < -0.39 is 0 Å². The van der Waals surface area contributed by atoms with Gasteiger partial charge in [-0.15, -0.1) is 0 Å². The molecule has 0 unspecified atom stereocenters. The van der Waals surface area contributed by atoms with Gasteiger partial charge in [-0.2, -0.15) is 0 Å². The maximum Gasteiger partial charge on any atom is 0.131 e. The Balaban J connectivity index is 1.84. The summed E-state index contributed by atoms with van der Waals surface area (Å²) in [5, 5.41) is 5.23. The molecule has 6 aromatic rings. The van der Waals surface area contributed by atoms with E-state index in [0.717, 1.165) is 54.9 Å². The molecule has 38 heavy (non-hydrogen) atoms. The van der Waals surface area contributed by atoms with Crippen molar-refractivity contribution in [2.24, 2.45) is 0 Å². The average molecular weight is 628 g/mol. The highest BCUT2D eigenvalue weighted by Gasteiger charge is 2.23. The van der Waals surface area contributed by atoms with E-state index in [-0.39, 0.29) is 11.6 Å².